The lowest BCUT2D eigenvalue weighted by Crippen LogP contribution is -2.45. The highest BCUT2D eigenvalue weighted by molar-refractivity contribution is 5.76. The summed E-state index contributed by atoms with van der Waals surface area (Å²) < 4.78 is 4.86. The Morgan fingerprint density at radius 3 is 2.33 bits per heavy atom. The van der Waals surface area contributed by atoms with Crippen LogP contribution in [0, 0.1) is 5.41 Å². The van der Waals surface area contributed by atoms with E-state index < -0.39 is 5.41 Å². The maximum Gasteiger partial charge on any atom is 0.312 e. The molecule has 1 N–H and O–H groups in total. The van der Waals surface area contributed by atoms with Gasteiger partial charge in [0.25, 0.3) is 0 Å². The number of nitrogens with zero attached hydrogens (tertiary/aromatic N) is 1. The lowest BCUT2D eigenvalue weighted by molar-refractivity contribution is -0.152. The second-order valence-electron chi connectivity index (χ2n) is 6.08. The smallest absolute Gasteiger partial charge is 0.312 e. The molecule has 0 amide bonds. The Morgan fingerprint density at radius 1 is 1.33 bits per heavy atom. The SMILES string of the molecule is CNC1CCC(N(C)CC(C)(C)C(=O)OC)CC1. The molecule has 0 aromatic heterocycles. The summed E-state index contributed by atoms with van der Waals surface area (Å²) in [6, 6.07) is 1.27. The van der Waals surface area contributed by atoms with E-state index in [2.05, 4.69) is 17.3 Å². The topological polar surface area (TPSA) is 41.6 Å². The number of esters is 1. The van der Waals surface area contributed by atoms with Crippen molar-refractivity contribution in [3.63, 3.8) is 0 Å². The molecular formula is C14H28N2O2. The molecule has 0 bridgehead atoms. The predicted octanol–water partition coefficient (Wildman–Crippen LogP) is 1.65. The minimum atomic E-state index is -0.427. The van der Waals surface area contributed by atoms with Gasteiger partial charge in [0, 0.05) is 18.6 Å². The van der Waals surface area contributed by atoms with Crippen LogP contribution in [0.25, 0.3) is 0 Å². The van der Waals surface area contributed by atoms with Gasteiger partial charge in [-0.2, -0.15) is 0 Å². The van der Waals surface area contributed by atoms with Crippen molar-refractivity contribution in [3.05, 3.63) is 0 Å². The van der Waals surface area contributed by atoms with Crippen LogP contribution in [0.3, 0.4) is 0 Å². The van der Waals surface area contributed by atoms with Gasteiger partial charge in [-0.05, 0) is 53.6 Å². The highest BCUT2D eigenvalue weighted by atomic mass is 16.5. The first kappa shape index (κ1) is 15.4. The molecule has 1 saturated carbocycles. The normalized spacial score (nSPS) is 25.2. The average Bonchev–Trinajstić information content (AvgIpc) is 2.37. The number of carbonyl (C=O) groups is 1. The molecule has 0 saturated heterocycles. The molecule has 0 spiro atoms. The summed E-state index contributed by atoms with van der Waals surface area (Å²) in [5.41, 5.74) is -0.427. The second-order valence-corrected chi connectivity index (χ2v) is 6.08. The van der Waals surface area contributed by atoms with E-state index in [0.29, 0.717) is 12.1 Å². The molecule has 4 heteroatoms. The third-order valence-corrected chi connectivity index (χ3v) is 4.11. The zero-order chi connectivity index (χ0) is 13.8. The Morgan fingerprint density at radius 2 is 1.89 bits per heavy atom. The van der Waals surface area contributed by atoms with Crippen molar-refractivity contribution in [1.29, 1.82) is 0 Å². The van der Waals surface area contributed by atoms with Crippen LogP contribution in [0.15, 0.2) is 0 Å². The predicted molar refractivity (Wildman–Crippen MR) is 73.5 cm³/mol. The van der Waals surface area contributed by atoms with Crippen molar-refractivity contribution in [2.45, 2.75) is 51.6 Å². The molecule has 0 aliphatic heterocycles. The summed E-state index contributed by atoms with van der Waals surface area (Å²) in [5.74, 6) is -0.127. The number of carbonyl (C=O) groups excluding carboxylic acids is 1. The summed E-state index contributed by atoms with van der Waals surface area (Å²) in [6.45, 7) is 4.66. The first-order chi connectivity index (χ1) is 8.40. The van der Waals surface area contributed by atoms with Crippen LogP contribution < -0.4 is 5.32 Å². The van der Waals surface area contributed by atoms with E-state index >= 15 is 0 Å². The standard InChI is InChI=1S/C14H28N2O2/c1-14(2,13(17)18-5)10-16(4)12-8-6-11(15-3)7-9-12/h11-12,15H,6-10H2,1-5H3. The van der Waals surface area contributed by atoms with Crippen molar-refractivity contribution in [3.8, 4) is 0 Å². The van der Waals surface area contributed by atoms with Gasteiger partial charge in [-0.25, -0.2) is 0 Å². The molecule has 0 aromatic carbocycles. The molecule has 0 atom stereocenters. The molecule has 0 heterocycles. The third-order valence-electron chi connectivity index (χ3n) is 4.11. The second kappa shape index (κ2) is 6.53. The van der Waals surface area contributed by atoms with Crippen molar-refractivity contribution < 1.29 is 9.53 Å². The number of ether oxygens (including phenoxy) is 1. The van der Waals surface area contributed by atoms with Gasteiger partial charge < -0.3 is 15.0 Å². The van der Waals surface area contributed by atoms with Crippen LogP contribution >= 0.6 is 0 Å². The minimum absolute atomic E-state index is 0.127. The Kier molecular flexibility index (Phi) is 5.60. The van der Waals surface area contributed by atoms with Gasteiger partial charge >= 0.3 is 5.97 Å². The molecule has 1 fully saturated rings. The summed E-state index contributed by atoms with van der Waals surface area (Å²) in [4.78, 5) is 14.0. The van der Waals surface area contributed by atoms with Gasteiger partial charge in [-0.15, -0.1) is 0 Å². The van der Waals surface area contributed by atoms with Gasteiger partial charge in [0.2, 0.25) is 0 Å². The summed E-state index contributed by atoms with van der Waals surface area (Å²) in [7, 11) is 5.62. The molecule has 0 aromatic rings. The largest absolute Gasteiger partial charge is 0.469 e. The molecule has 1 rings (SSSR count). The molecule has 0 radical (unpaired) electrons. The molecular weight excluding hydrogens is 228 g/mol. The fraction of sp³-hybridized carbons (Fsp3) is 0.929. The highest BCUT2D eigenvalue weighted by Crippen LogP contribution is 2.26. The Hall–Kier alpha value is -0.610. The number of hydrogen-bond acceptors (Lipinski definition) is 4. The van der Waals surface area contributed by atoms with Crippen LogP contribution in [0.4, 0.5) is 0 Å². The van der Waals surface area contributed by atoms with E-state index in [1.807, 2.05) is 20.9 Å². The molecule has 18 heavy (non-hydrogen) atoms. The van der Waals surface area contributed by atoms with Gasteiger partial charge in [-0.3, -0.25) is 4.79 Å². The number of rotatable bonds is 5. The number of nitrogens with one attached hydrogen (secondary N) is 1. The monoisotopic (exact) mass is 256 g/mol. The summed E-state index contributed by atoms with van der Waals surface area (Å²) in [5, 5.41) is 3.35. The lowest BCUT2D eigenvalue weighted by Gasteiger charge is -2.37. The maximum atomic E-state index is 11.7. The summed E-state index contributed by atoms with van der Waals surface area (Å²) >= 11 is 0. The van der Waals surface area contributed by atoms with Gasteiger partial charge in [0.05, 0.1) is 12.5 Å². The highest BCUT2D eigenvalue weighted by Gasteiger charge is 2.33. The maximum absolute atomic E-state index is 11.7. The fourth-order valence-corrected chi connectivity index (χ4v) is 2.90. The van der Waals surface area contributed by atoms with E-state index in [1.54, 1.807) is 0 Å². The average molecular weight is 256 g/mol. The minimum Gasteiger partial charge on any atom is -0.469 e. The quantitative estimate of drug-likeness (QED) is 0.759. The van der Waals surface area contributed by atoms with Crippen LogP contribution in [0.1, 0.15) is 39.5 Å². The first-order valence-corrected chi connectivity index (χ1v) is 6.86. The van der Waals surface area contributed by atoms with Gasteiger partial charge in [-0.1, -0.05) is 0 Å². The van der Waals surface area contributed by atoms with E-state index in [-0.39, 0.29) is 5.97 Å². The molecule has 0 unspecified atom stereocenters. The fourth-order valence-electron chi connectivity index (χ4n) is 2.90. The van der Waals surface area contributed by atoms with E-state index in [4.69, 9.17) is 4.74 Å². The van der Waals surface area contributed by atoms with Crippen LogP contribution in [0.5, 0.6) is 0 Å². The molecule has 106 valence electrons. The Balaban J connectivity index is 2.46. The first-order valence-electron chi connectivity index (χ1n) is 6.86. The Labute approximate surface area is 111 Å². The van der Waals surface area contributed by atoms with Crippen LogP contribution in [0.2, 0.25) is 0 Å². The van der Waals surface area contributed by atoms with Crippen LogP contribution in [-0.2, 0) is 9.53 Å². The third kappa shape index (κ3) is 3.95. The van der Waals surface area contributed by atoms with Gasteiger partial charge in [0.1, 0.15) is 0 Å². The Bertz CT molecular complexity index is 271. The summed E-state index contributed by atoms with van der Waals surface area (Å²) in [6.07, 6.45) is 4.87. The van der Waals surface area contributed by atoms with Crippen molar-refractivity contribution in [2.75, 3.05) is 27.7 Å². The van der Waals surface area contributed by atoms with E-state index in [1.165, 1.54) is 32.8 Å². The van der Waals surface area contributed by atoms with E-state index in [9.17, 15) is 4.79 Å². The number of methoxy groups -OCH3 is 1. The molecule has 4 nitrogen and oxygen atoms in total. The van der Waals surface area contributed by atoms with Crippen molar-refractivity contribution in [2.24, 2.45) is 5.41 Å². The lowest BCUT2D eigenvalue weighted by atomic mass is 9.87. The van der Waals surface area contributed by atoms with Crippen molar-refractivity contribution >= 4 is 5.97 Å². The zero-order valence-corrected chi connectivity index (χ0v) is 12.5. The van der Waals surface area contributed by atoms with Crippen LogP contribution in [-0.4, -0.2) is 50.7 Å². The van der Waals surface area contributed by atoms with E-state index in [0.717, 1.165) is 6.54 Å². The zero-order valence-electron chi connectivity index (χ0n) is 12.5. The molecule has 1 aliphatic rings. The molecule has 1 aliphatic carbocycles. The van der Waals surface area contributed by atoms with Crippen molar-refractivity contribution in [1.82, 2.24) is 10.2 Å². The number of hydrogen-bond donors (Lipinski definition) is 1. The van der Waals surface area contributed by atoms with Gasteiger partial charge in [0.15, 0.2) is 0 Å².